The molecule has 170 valence electrons. The highest BCUT2D eigenvalue weighted by Crippen LogP contribution is 2.67. The van der Waals surface area contributed by atoms with Crippen LogP contribution in [0.5, 0.6) is 0 Å². The van der Waals surface area contributed by atoms with Crippen LogP contribution in [0.1, 0.15) is 92.9 Å². The van der Waals surface area contributed by atoms with Crippen molar-refractivity contribution in [2.75, 3.05) is 0 Å². The average Bonchev–Trinajstić information content (AvgIpc) is 3.02. The monoisotopic (exact) mass is 414 g/mol. The van der Waals surface area contributed by atoms with E-state index in [9.17, 15) is 9.90 Å². The molecule has 0 unspecified atom stereocenters. The Kier molecular flexibility index (Phi) is 6.06. The largest absolute Gasteiger partial charge is 0.393 e. The molecule has 2 heteroatoms. The Morgan fingerprint density at radius 3 is 2.50 bits per heavy atom. The fourth-order valence-electron chi connectivity index (χ4n) is 8.79. The number of aliphatic hydroxyl groups excluding tert-OH is 1. The first-order valence-corrected chi connectivity index (χ1v) is 13.0. The van der Waals surface area contributed by atoms with Crippen molar-refractivity contribution in [3.63, 3.8) is 0 Å². The van der Waals surface area contributed by atoms with Crippen molar-refractivity contribution >= 4 is 5.78 Å². The van der Waals surface area contributed by atoms with Gasteiger partial charge in [-0.15, -0.1) is 0 Å². The van der Waals surface area contributed by atoms with E-state index >= 15 is 0 Å². The van der Waals surface area contributed by atoms with Crippen LogP contribution >= 0.6 is 0 Å². The van der Waals surface area contributed by atoms with Gasteiger partial charge in [0, 0.05) is 6.42 Å². The maximum atomic E-state index is 12.1. The summed E-state index contributed by atoms with van der Waals surface area (Å²) in [5.74, 6) is 5.53. The summed E-state index contributed by atoms with van der Waals surface area (Å²) in [5.41, 5.74) is 0.298. The summed E-state index contributed by atoms with van der Waals surface area (Å²) in [6.07, 6.45) is 13.2. The molecule has 0 aromatic rings. The second-order valence-electron chi connectivity index (χ2n) is 12.7. The zero-order valence-electron chi connectivity index (χ0n) is 20.4. The van der Waals surface area contributed by atoms with Crippen molar-refractivity contribution in [2.24, 2.45) is 58.2 Å². The summed E-state index contributed by atoms with van der Waals surface area (Å²) in [5, 5.41) is 11.6. The second kappa shape index (κ2) is 8.05. The van der Waals surface area contributed by atoms with Crippen LogP contribution in [0, 0.1) is 58.2 Å². The number of carbonyl (C=O) groups excluding carboxylic acids is 1. The van der Waals surface area contributed by atoms with Gasteiger partial charge >= 0.3 is 0 Å². The third-order valence-corrected chi connectivity index (χ3v) is 10.9. The number of hydrogen-bond donors (Lipinski definition) is 1. The van der Waals surface area contributed by atoms with Gasteiger partial charge in [0.25, 0.3) is 0 Å². The molecule has 0 aliphatic heterocycles. The Hall–Kier alpha value is -0.630. The van der Waals surface area contributed by atoms with Crippen molar-refractivity contribution in [1.82, 2.24) is 0 Å². The maximum absolute atomic E-state index is 12.1. The zero-order valence-corrected chi connectivity index (χ0v) is 20.4. The maximum Gasteiger partial charge on any atom is 0.155 e. The number of fused-ring (bicyclic) bond motifs is 5. The Bertz CT molecular complexity index is 680. The Morgan fingerprint density at radius 2 is 1.80 bits per heavy atom. The molecule has 2 nitrogen and oxygen atoms in total. The third kappa shape index (κ3) is 3.54. The van der Waals surface area contributed by atoms with Crippen LogP contribution in [0.3, 0.4) is 0 Å². The van der Waals surface area contributed by atoms with Crippen molar-refractivity contribution in [3.8, 4) is 0 Å². The van der Waals surface area contributed by atoms with Crippen LogP contribution in [-0.4, -0.2) is 17.0 Å². The smallest absolute Gasteiger partial charge is 0.155 e. The topological polar surface area (TPSA) is 37.3 Å². The number of ketones is 1. The molecule has 10 atom stereocenters. The van der Waals surface area contributed by atoms with E-state index in [4.69, 9.17) is 0 Å². The van der Waals surface area contributed by atoms with Crippen molar-refractivity contribution in [3.05, 3.63) is 12.2 Å². The lowest BCUT2D eigenvalue weighted by Crippen LogP contribution is -2.58. The van der Waals surface area contributed by atoms with Crippen molar-refractivity contribution < 1.29 is 9.90 Å². The van der Waals surface area contributed by atoms with Gasteiger partial charge < -0.3 is 5.11 Å². The van der Waals surface area contributed by atoms with Crippen LogP contribution in [0.4, 0.5) is 0 Å². The molecule has 4 aliphatic rings. The molecular weight excluding hydrogens is 368 g/mol. The van der Waals surface area contributed by atoms with Crippen molar-refractivity contribution in [1.29, 1.82) is 0 Å². The van der Waals surface area contributed by atoms with Gasteiger partial charge in [-0.2, -0.15) is 0 Å². The van der Waals surface area contributed by atoms with Crippen LogP contribution in [0.2, 0.25) is 0 Å². The highest BCUT2D eigenvalue weighted by Gasteiger charge is 2.62. The molecule has 4 aliphatic carbocycles. The predicted molar refractivity (Wildman–Crippen MR) is 124 cm³/mol. The minimum absolute atomic E-state index is 0.00791. The third-order valence-electron chi connectivity index (χ3n) is 10.9. The van der Waals surface area contributed by atoms with E-state index in [0.29, 0.717) is 29.6 Å². The van der Waals surface area contributed by atoms with Gasteiger partial charge in [0.2, 0.25) is 0 Å². The van der Waals surface area contributed by atoms with Gasteiger partial charge in [0.05, 0.1) is 6.10 Å². The summed E-state index contributed by atoms with van der Waals surface area (Å²) < 4.78 is 0. The molecule has 0 aromatic heterocycles. The Labute approximate surface area is 185 Å². The number of allylic oxidation sites excluding steroid dienone is 2. The lowest BCUT2D eigenvalue weighted by Gasteiger charge is -2.61. The van der Waals surface area contributed by atoms with E-state index in [1.165, 1.54) is 38.5 Å². The zero-order chi connectivity index (χ0) is 21.8. The SMILES string of the molecule is CC(C)[C@@H](C)CC[C@@H](C)[C@@H]1CC[C@@H]2[C@@H]3CC[C@H]4CC(=O)C=C[C@]4(C)[C@H]3[C@H](O)C[C@@]21C. The predicted octanol–water partition coefficient (Wildman–Crippen LogP) is 6.67. The van der Waals surface area contributed by atoms with Gasteiger partial charge in [0.1, 0.15) is 0 Å². The minimum atomic E-state index is -0.218. The fourth-order valence-corrected chi connectivity index (χ4v) is 8.79. The standard InChI is InChI=1S/C28H46O2/c1-17(2)18(3)7-8-19(4)23-11-12-24-22-10-9-20-15-21(29)13-14-27(20,5)26(22)25(30)16-28(23,24)6/h13-14,17-20,22-26,30H,7-12,15-16H2,1-6H3/t18-,19+,20-,22-,23-,24+,25+,26+,27-,28+/m0/s1. The molecule has 0 heterocycles. The molecular formula is C28H46O2. The molecule has 0 radical (unpaired) electrons. The molecule has 30 heavy (non-hydrogen) atoms. The lowest BCUT2D eigenvalue weighted by molar-refractivity contribution is -0.153. The van der Waals surface area contributed by atoms with Gasteiger partial charge in [-0.3, -0.25) is 4.79 Å². The molecule has 0 bridgehead atoms. The van der Waals surface area contributed by atoms with Crippen LogP contribution in [0.25, 0.3) is 0 Å². The molecule has 3 fully saturated rings. The summed E-state index contributed by atoms with van der Waals surface area (Å²) in [7, 11) is 0. The fraction of sp³-hybridized carbons (Fsp3) is 0.893. The first kappa shape index (κ1) is 22.6. The van der Waals surface area contributed by atoms with Crippen molar-refractivity contribution in [2.45, 2.75) is 99.0 Å². The molecule has 0 spiro atoms. The summed E-state index contributed by atoms with van der Waals surface area (Å²) in [4.78, 5) is 12.1. The van der Waals surface area contributed by atoms with Gasteiger partial charge in [-0.1, -0.05) is 60.5 Å². The Morgan fingerprint density at radius 1 is 1.07 bits per heavy atom. The first-order valence-electron chi connectivity index (χ1n) is 13.0. The van der Waals surface area contributed by atoms with Crippen LogP contribution in [-0.2, 0) is 4.79 Å². The van der Waals surface area contributed by atoms with E-state index in [1.54, 1.807) is 0 Å². The number of carbonyl (C=O) groups is 1. The summed E-state index contributed by atoms with van der Waals surface area (Å²) in [6.45, 7) is 14.5. The van der Waals surface area contributed by atoms with E-state index in [1.807, 2.05) is 6.08 Å². The van der Waals surface area contributed by atoms with Gasteiger partial charge in [-0.25, -0.2) is 0 Å². The van der Waals surface area contributed by atoms with E-state index < -0.39 is 0 Å². The second-order valence-corrected chi connectivity index (χ2v) is 12.7. The molecule has 3 saturated carbocycles. The normalized spacial score (nSPS) is 47.5. The quantitative estimate of drug-likeness (QED) is 0.545. The highest BCUT2D eigenvalue weighted by atomic mass is 16.3. The van der Waals surface area contributed by atoms with Crippen LogP contribution < -0.4 is 0 Å². The molecule has 0 aromatic carbocycles. The molecule has 0 amide bonds. The van der Waals surface area contributed by atoms with E-state index in [0.717, 1.165) is 36.0 Å². The molecule has 4 rings (SSSR count). The number of aliphatic hydroxyl groups is 1. The summed E-state index contributed by atoms with van der Waals surface area (Å²) in [6, 6.07) is 0. The average molecular weight is 415 g/mol. The first-order chi connectivity index (χ1) is 14.1. The minimum Gasteiger partial charge on any atom is -0.393 e. The number of hydrogen-bond acceptors (Lipinski definition) is 2. The Balaban J connectivity index is 1.53. The lowest BCUT2D eigenvalue weighted by atomic mass is 9.44. The van der Waals surface area contributed by atoms with Gasteiger partial charge in [-0.05, 0) is 96.4 Å². The van der Waals surface area contributed by atoms with Gasteiger partial charge in [0.15, 0.2) is 5.78 Å². The summed E-state index contributed by atoms with van der Waals surface area (Å²) >= 11 is 0. The van der Waals surface area contributed by atoms with Crippen LogP contribution in [0.15, 0.2) is 12.2 Å². The van der Waals surface area contributed by atoms with E-state index in [-0.39, 0.29) is 17.3 Å². The highest BCUT2D eigenvalue weighted by molar-refractivity contribution is 5.91. The molecule has 0 saturated heterocycles. The number of rotatable bonds is 5. The molecule has 1 N–H and O–H groups in total. The van der Waals surface area contributed by atoms with E-state index in [2.05, 4.69) is 47.6 Å².